The van der Waals surface area contributed by atoms with E-state index in [1.54, 1.807) is 0 Å². The summed E-state index contributed by atoms with van der Waals surface area (Å²) in [6.07, 6.45) is 2.54. The second-order valence-electron chi connectivity index (χ2n) is 5.63. The van der Waals surface area contributed by atoms with Crippen molar-refractivity contribution in [2.24, 2.45) is 0 Å². The Kier molecular flexibility index (Phi) is 3.53. The first-order chi connectivity index (χ1) is 9.22. The number of hydrogen-bond donors (Lipinski definition) is 2. The first-order valence-electron chi connectivity index (χ1n) is 7.11. The molecule has 3 rings (SSSR count). The highest BCUT2D eigenvalue weighted by Crippen LogP contribution is 2.17. The number of para-hydroxylation sites is 2. The summed E-state index contributed by atoms with van der Waals surface area (Å²) >= 11 is 0. The number of likely N-dealkylation sites (tertiary alicyclic amines) is 1. The van der Waals surface area contributed by atoms with Crippen LogP contribution in [0.25, 0.3) is 11.0 Å². The van der Waals surface area contributed by atoms with Crippen molar-refractivity contribution >= 4 is 11.0 Å². The Labute approximate surface area is 114 Å². The topological polar surface area (TPSA) is 44.0 Å². The maximum atomic E-state index is 4.67. The van der Waals surface area contributed by atoms with Gasteiger partial charge >= 0.3 is 0 Å². The number of nitrogens with zero attached hydrogens (tertiary/aromatic N) is 2. The summed E-state index contributed by atoms with van der Waals surface area (Å²) < 4.78 is 0. The molecule has 4 heteroatoms. The van der Waals surface area contributed by atoms with Crippen LogP contribution in [0.2, 0.25) is 0 Å². The van der Waals surface area contributed by atoms with Gasteiger partial charge < -0.3 is 15.2 Å². The lowest BCUT2D eigenvalue weighted by atomic mass is 10.1. The molecule has 2 N–H and O–H groups in total. The highest BCUT2D eigenvalue weighted by Gasteiger charge is 2.20. The second kappa shape index (κ2) is 5.31. The molecule has 4 nitrogen and oxygen atoms in total. The molecule has 0 radical (unpaired) electrons. The average Bonchev–Trinajstić information content (AvgIpc) is 2.82. The van der Waals surface area contributed by atoms with Crippen molar-refractivity contribution in [1.29, 1.82) is 0 Å². The normalized spacial score (nSPS) is 22.7. The van der Waals surface area contributed by atoms with Crippen LogP contribution < -0.4 is 5.32 Å². The van der Waals surface area contributed by atoms with Gasteiger partial charge in [-0.15, -0.1) is 0 Å². The van der Waals surface area contributed by atoms with E-state index in [1.807, 2.05) is 12.1 Å². The van der Waals surface area contributed by atoms with Crippen LogP contribution in [-0.2, 0) is 0 Å². The molecule has 2 unspecified atom stereocenters. The molecule has 1 aromatic carbocycles. The van der Waals surface area contributed by atoms with Crippen LogP contribution in [0.15, 0.2) is 24.3 Å². The largest absolute Gasteiger partial charge is 0.341 e. The molecule has 1 aromatic heterocycles. The zero-order chi connectivity index (χ0) is 13.2. The molecule has 1 fully saturated rings. The standard InChI is InChI=1S/C15H22N4/c1-11(16-12-6-5-9-19(2)10-12)15-17-13-7-3-4-8-14(13)18-15/h3-4,7-8,11-12,16H,5-6,9-10H2,1-2H3,(H,17,18). The van der Waals surface area contributed by atoms with Gasteiger partial charge in [-0.2, -0.15) is 0 Å². The third-order valence-corrected chi connectivity index (χ3v) is 3.93. The van der Waals surface area contributed by atoms with E-state index in [0.717, 1.165) is 23.4 Å². The number of likely N-dealkylation sites (N-methyl/N-ethyl adjacent to an activating group) is 1. The Morgan fingerprint density at radius 1 is 1.42 bits per heavy atom. The Hall–Kier alpha value is -1.39. The lowest BCUT2D eigenvalue weighted by Crippen LogP contribution is -2.44. The predicted octanol–water partition coefficient (Wildman–Crippen LogP) is 2.31. The molecule has 0 spiro atoms. The van der Waals surface area contributed by atoms with E-state index in [-0.39, 0.29) is 6.04 Å². The molecular formula is C15H22N4. The summed E-state index contributed by atoms with van der Waals surface area (Å²) in [6, 6.07) is 9.04. The monoisotopic (exact) mass is 258 g/mol. The Morgan fingerprint density at radius 3 is 3.05 bits per heavy atom. The van der Waals surface area contributed by atoms with E-state index in [2.05, 4.69) is 46.3 Å². The van der Waals surface area contributed by atoms with Crippen LogP contribution in [0.4, 0.5) is 0 Å². The summed E-state index contributed by atoms with van der Waals surface area (Å²) in [7, 11) is 2.19. The van der Waals surface area contributed by atoms with Crippen molar-refractivity contribution in [3.63, 3.8) is 0 Å². The van der Waals surface area contributed by atoms with Crippen molar-refractivity contribution in [3.8, 4) is 0 Å². The minimum Gasteiger partial charge on any atom is -0.341 e. The molecular weight excluding hydrogens is 236 g/mol. The van der Waals surface area contributed by atoms with Gasteiger partial charge in [0.2, 0.25) is 0 Å². The van der Waals surface area contributed by atoms with Gasteiger partial charge in [-0.05, 0) is 45.5 Å². The summed E-state index contributed by atoms with van der Waals surface area (Å²) in [5.41, 5.74) is 2.17. The number of H-pyrrole nitrogens is 1. The van der Waals surface area contributed by atoms with Gasteiger partial charge in [0, 0.05) is 12.6 Å². The smallest absolute Gasteiger partial charge is 0.124 e. The molecule has 0 saturated carbocycles. The number of aromatic nitrogens is 2. The van der Waals surface area contributed by atoms with Gasteiger partial charge in [-0.1, -0.05) is 12.1 Å². The molecule has 0 bridgehead atoms. The zero-order valence-corrected chi connectivity index (χ0v) is 11.7. The maximum Gasteiger partial charge on any atom is 0.124 e. The molecule has 102 valence electrons. The van der Waals surface area contributed by atoms with Crippen molar-refractivity contribution in [3.05, 3.63) is 30.1 Å². The van der Waals surface area contributed by atoms with Crippen LogP contribution in [0.3, 0.4) is 0 Å². The molecule has 0 amide bonds. The van der Waals surface area contributed by atoms with Crippen LogP contribution >= 0.6 is 0 Å². The Morgan fingerprint density at radius 2 is 2.26 bits per heavy atom. The van der Waals surface area contributed by atoms with E-state index >= 15 is 0 Å². The number of fused-ring (bicyclic) bond motifs is 1. The van der Waals surface area contributed by atoms with Gasteiger partial charge in [0.15, 0.2) is 0 Å². The molecule has 0 aliphatic carbocycles. The lowest BCUT2D eigenvalue weighted by molar-refractivity contribution is 0.217. The summed E-state index contributed by atoms with van der Waals surface area (Å²) in [6.45, 7) is 4.54. The fourth-order valence-corrected chi connectivity index (χ4v) is 2.91. The Bertz CT molecular complexity index is 515. The van der Waals surface area contributed by atoms with E-state index in [9.17, 15) is 0 Å². The van der Waals surface area contributed by atoms with E-state index in [0.29, 0.717) is 6.04 Å². The average molecular weight is 258 g/mol. The third kappa shape index (κ3) is 2.80. The molecule has 2 aromatic rings. The van der Waals surface area contributed by atoms with E-state index < -0.39 is 0 Å². The summed E-state index contributed by atoms with van der Waals surface area (Å²) in [5, 5.41) is 3.69. The van der Waals surface area contributed by atoms with Gasteiger partial charge in [0.1, 0.15) is 5.82 Å². The molecule has 19 heavy (non-hydrogen) atoms. The van der Waals surface area contributed by atoms with Crippen LogP contribution in [-0.4, -0.2) is 41.0 Å². The quantitative estimate of drug-likeness (QED) is 0.888. The Balaban J connectivity index is 1.70. The minimum absolute atomic E-state index is 0.267. The number of hydrogen-bond acceptors (Lipinski definition) is 3. The van der Waals surface area contributed by atoms with Gasteiger partial charge in [-0.25, -0.2) is 4.98 Å². The minimum atomic E-state index is 0.267. The van der Waals surface area contributed by atoms with Gasteiger partial charge in [-0.3, -0.25) is 0 Å². The van der Waals surface area contributed by atoms with Crippen molar-refractivity contribution in [1.82, 2.24) is 20.2 Å². The molecule has 1 saturated heterocycles. The molecule has 2 heterocycles. The predicted molar refractivity (Wildman–Crippen MR) is 78.2 cm³/mol. The lowest BCUT2D eigenvalue weighted by Gasteiger charge is -2.31. The number of piperidine rings is 1. The number of benzene rings is 1. The van der Waals surface area contributed by atoms with Crippen molar-refractivity contribution in [2.45, 2.75) is 31.8 Å². The van der Waals surface area contributed by atoms with Crippen molar-refractivity contribution < 1.29 is 0 Å². The SMILES string of the molecule is CC(NC1CCCN(C)C1)c1nc2ccccc2[nH]1. The first kappa shape index (κ1) is 12.6. The number of imidazole rings is 1. The molecule has 1 aliphatic rings. The van der Waals surface area contributed by atoms with E-state index in [4.69, 9.17) is 0 Å². The highest BCUT2D eigenvalue weighted by molar-refractivity contribution is 5.74. The number of nitrogens with one attached hydrogen (secondary N) is 2. The summed E-state index contributed by atoms with van der Waals surface area (Å²) in [4.78, 5) is 10.5. The highest BCUT2D eigenvalue weighted by atomic mass is 15.1. The summed E-state index contributed by atoms with van der Waals surface area (Å²) in [5.74, 6) is 1.04. The fourth-order valence-electron chi connectivity index (χ4n) is 2.91. The first-order valence-corrected chi connectivity index (χ1v) is 7.11. The van der Waals surface area contributed by atoms with Gasteiger partial charge in [0.25, 0.3) is 0 Å². The molecule has 2 atom stereocenters. The van der Waals surface area contributed by atoms with Crippen LogP contribution in [0.5, 0.6) is 0 Å². The maximum absolute atomic E-state index is 4.67. The van der Waals surface area contributed by atoms with E-state index in [1.165, 1.54) is 19.4 Å². The van der Waals surface area contributed by atoms with Crippen LogP contribution in [0.1, 0.15) is 31.6 Å². The fraction of sp³-hybridized carbons (Fsp3) is 0.533. The number of aromatic amines is 1. The third-order valence-electron chi connectivity index (χ3n) is 3.93. The van der Waals surface area contributed by atoms with Crippen molar-refractivity contribution in [2.75, 3.05) is 20.1 Å². The number of rotatable bonds is 3. The zero-order valence-electron chi connectivity index (χ0n) is 11.7. The van der Waals surface area contributed by atoms with Gasteiger partial charge in [0.05, 0.1) is 17.1 Å². The van der Waals surface area contributed by atoms with Crippen LogP contribution in [0, 0.1) is 0 Å². The molecule has 1 aliphatic heterocycles. The second-order valence-corrected chi connectivity index (χ2v) is 5.63.